The smallest absolute Gasteiger partial charge is 0.408 e. The van der Waals surface area contributed by atoms with Gasteiger partial charge < -0.3 is 15.0 Å². The minimum Gasteiger partial charge on any atom is -0.445 e. The molecule has 0 unspecified atom stereocenters. The minimum atomic E-state index is -0.757. The average molecular weight is 425 g/mol. The van der Waals surface area contributed by atoms with Crippen LogP contribution in [0, 0.1) is 0 Å². The average Bonchev–Trinajstić information content (AvgIpc) is 2.81. The van der Waals surface area contributed by atoms with Gasteiger partial charge in [0.2, 0.25) is 5.91 Å². The van der Waals surface area contributed by atoms with Crippen LogP contribution in [0.1, 0.15) is 69.5 Å². The second-order valence-electron chi connectivity index (χ2n) is 7.79. The Hall–Kier alpha value is -2.82. The number of carbonyl (C=O) groups excluding carboxylic acids is 2. The number of amides is 2. The van der Waals surface area contributed by atoms with Gasteiger partial charge in [0.1, 0.15) is 12.6 Å². The molecular weight excluding hydrogens is 388 g/mol. The molecule has 2 amide bonds. The Balaban J connectivity index is 2.10. The van der Waals surface area contributed by atoms with Crippen LogP contribution in [0.4, 0.5) is 4.79 Å². The summed E-state index contributed by atoms with van der Waals surface area (Å²) >= 11 is 0. The van der Waals surface area contributed by atoms with Crippen LogP contribution < -0.4 is 5.32 Å². The number of nitrogens with zero attached hydrogens (tertiary/aromatic N) is 1. The first-order valence-electron chi connectivity index (χ1n) is 11.5. The lowest BCUT2D eigenvalue weighted by atomic mass is 10.0. The number of ether oxygens (including phenoxy) is 1. The van der Waals surface area contributed by atoms with E-state index in [9.17, 15) is 9.59 Å². The van der Waals surface area contributed by atoms with E-state index in [1.165, 1.54) is 0 Å². The number of unbranched alkanes of at least 4 members (excludes halogenated alkanes) is 4. The van der Waals surface area contributed by atoms with E-state index in [-0.39, 0.29) is 12.5 Å². The third-order valence-corrected chi connectivity index (χ3v) is 5.23. The molecule has 2 rings (SSSR count). The van der Waals surface area contributed by atoms with E-state index in [1.54, 1.807) is 0 Å². The van der Waals surface area contributed by atoms with Crippen molar-refractivity contribution in [2.24, 2.45) is 0 Å². The lowest BCUT2D eigenvalue weighted by Crippen LogP contribution is -2.44. The summed E-state index contributed by atoms with van der Waals surface area (Å²) in [7, 11) is 0. The maximum Gasteiger partial charge on any atom is 0.408 e. The van der Waals surface area contributed by atoms with Crippen LogP contribution in [0.15, 0.2) is 60.7 Å². The minimum absolute atomic E-state index is 0.0740. The number of benzene rings is 2. The molecule has 0 aliphatic carbocycles. The summed E-state index contributed by atoms with van der Waals surface area (Å²) in [4.78, 5) is 27.9. The number of carbonyl (C=O) groups is 2. The molecule has 0 heterocycles. The Morgan fingerprint density at radius 1 is 0.839 bits per heavy atom. The van der Waals surface area contributed by atoms with Crippen LogP contribution in [-0.4, -0.2) is 30.0 Å². The highest BCUT2D eigenvalue weighted by atomic mass is 16.5. The normalized spacial score (nSPS) is 11.5. The zero-order valence-corrected chi connectivity index (χ0v) is 18.9. The molecule has 0 aliphatic heterocycles. The summed E-state index contributed by atoms with van der Waals surface area (Å²) in [5.74, 6) is -0.0740. The van der Waals surface area contributed by atoms with E-state index in [2.05, 4.69) is 19.2 Å². The lowest BCUT2D eigenvalue weighted by molar-refractivity contribution is -0.133. The Bertz CT molecular complexity index is 755. The van der Waals surface area contributed by atoms with Crippen molar-refractivity contribution in [3.8, 4) is 0 Å². The molecule has 0 bridgehead atoms. The fourth-order valence-corrected chi connectivity index (χ4v) is 3.44. The summed E-state index contributed by atoms with van der Waals surface area (Å²) in [5.41, 5.74) is 1.67. The van der Waals surface area contributed by atoms with Gasteiger partial charge in [-0.15, -0.1) is 0 Å². The monoisotopic (exact) mass is 424 g/mol. The van der Waals surface area contributed by atoms with Crippen molar-refractivity contribution in [3.63, 3.8) is 0 Å². The summed E-state index contributed by atoms with van der Waals surface area (Å²) in [6, 6.07) is 18.2. The molecule has 0 radical (unpaired) electrons. The Morgan fingerprint density at radius 3 is 1.94 bits per heavy atom. The molecule has 0 saturated carbocycles. The van der Waals surface area contributed by atoms with Crippen LogP contribution in [-0.2, 0) is 16.1 Å². The molecule has 2 aromatic rings. The molecule has 5 heteroatoms. The Morgan fingerprint density at radius 2 is 1.39 bits per heavy atom. The molecule has 2 aromatic carbocycles. The van der Waals surface area contributed by atoms with Crippen molar-refractivity contribution in [1.82, 2.24) is 10.2 Å². The second-order valence-corrected chi connectivity index (χ2v) is 7.79. The SMILES string of the molecule is CCCCCN(CCCCC)C(=O)[C@H](NC(=O)OCc1ccccc1)c1ccccc1. The van der Waals surface area contributed by atoms with Gasteiger partial charge in [0, 0.05) is 13.1 Å². The first-order valence-corrected chi connectivity index (χ1v) is 11.5. The van der Waals surface area contributed by atoms with Gasteiger partial charge in [0.05, 0.1) is 0 Å². The summed E-state index contributed by atoms with van der Waals surface area (Å²) in [5, 5.41) is 2.81. The van der Waals surface area contributed by atoms with E-state index < -0.39 is 12.1 Å². The van der Waals surface area contributed by atoms with Crippen molar-refractivity contribution >= 4 is 12.0 Å². The fraction of sp³-hybridized carbons (Fsp3) is 0.462. The number of nitrogens with one attached hydrogen (secondary N) is 1. The summed E-state index contributed by atoms with van der Waals surface area (Å²) < 4.78 is 5.39. The molecular formula is C26H36N2O3. The zero-order chi connectivity index (χ0) is 22.3. The van der Waals surface area contributed by atoms with Gasteiger partial charge in [-0.1, -0.05) is 100 Å². The van der Waals surface area contributed by atoms with Gasteiger partial charge in [-0.3, -0.25) is 4.79 Å². The Kier molecular flexibility index (Phi) is 11.2. The summed E-state index contributed by atoms with van der Waals surface area (Å²) in [6.45, 7) is 5.89. The third-order valence-electron chi connectivity index (χ3n) is 5.23. The largest absolute Gasteiger partial charge is 0.445 e. The maximum atomic E-state index is 13.5. The quantitative estimate of drug-likeness (QED) is 0.410. The van der Waals surface area contributed by atoms with Crippen LogP contribution in [0.25, 0.3) is 0 Å². The van der Waals surface area contributed by atoms with Gasteiger partial charge in [0.15, 0.2) is 0 Å². The van der Waals surface area contributed by atoms with Crippen molar-refractivity contribution < 1.29 is 14.3 Å². The molecule has 5 nitrogen and oxygen atoms in total. The molecule has 0 aromatic heterocycles. The van der Waals surface area contributed by atoms with Crippen LogP contribution in [0.5, 0.6) is 0 Å². The molecule has 0 aliphatic rings. The van der Waals surface area contributed by atoms with Crippen LogP contribution >= 0.6 is 0 Å². The molecule has 0 saturated heterocycles. The van der Waals surface area contributed by atoms with Crippen molar-refractivity contribution in [2.45, 2.75) is 65.0 Å². The van der Waals surface area contributed by atoms with Crippen LogP contribution in [0.3, 0.4) is 0 Å². The van der Waals surface area contributed by atoms with E-state index in [4.69, 9.17) is 4.74 Å². The predicted molar refractivity (Wildman–Crippen MR) is 125 cm³/mol. The van der Waals surface area contributed by atoms with Crippen molar-refractivity contribution in [3.05, 3.63) is 71.8 Å². The van der Waals surface area contributed by atoms with E-state index in [0.717, 1.165) is 49.7 Å². The predicted octanol–water partition coefficient (Wildman–Crippen LogP) is 5.86. The van der Waals surface area contributed by atoms with Crippen molar-refractivity contribution in [1.29, 1.82) is 0 Å². The van der Waals surface area contributed by atoms with Gasteiger partial charge in [-0.05, 0) is 24.0 Å². The van der Waals surface area contributed by atoms with Crippen LogP contribution in [0.2, 0.25) is 0 Å². The van der Waals surface area contributed by atoms with E-state index in [0.29, 0.717) is 13.1 Å². The molecule has 168 valence electrons. The number of hydrogen-bond donors (Lipinski definition) is 1. The highest BCUT2D eigenvalue weighted by Gasteiger charge is 2.27. The number of alkyl carbamates (subject to hydrolysis) is 1. The second kappa shape index (κ2) is 14.2. The first kappa shape index (κ1) is 24.4. The highest BCUT2D eigenvalue weighted by Crippen LogP contribution is 2.18. The van der Waals surface area contributed by atoms with E-state index in [1.807, 2.05) is 65.6 Å². The maximum absolute atomic E-state index is 13.5. The molecule has 0 spiro atoms. The summed E-state index contributed by atoms with van der Waals surface area (Å²) in [6.07, 6.45) is 5.71. The number of rotatable bonds is 13. The fourth-order valence-electron chi connectivity index (χ4n) is 3.44. The van der Waals surface area contributed by atoms with Gasteiger partial charge in [-0.25, -0.2) is 4.79 Å². The molecule has 31 heavy (non-hydrogen) atoms. The van der Waals surface area contributed by atoms with Gasteiger partial charge >= 0.3 is 6.09 Å². The zero-order valence-electron chi connectivity index (χ0n) is 18.9. The highest BCUT2D eigenvalue weighted by molar-refractivity contribution is 5.87. The molecule has 1 atom stereocenters. The first-order chi connectivity index (χ1) is 15.2. The standard InChI is InChI=1S/C26H36N2O3/c1-3-5-13-19-28(20-14-6-4-2)25(29)24(23-17-11-8-12-18-23)27-26(30)31-21-22-15-9-7-10-16-22/h7-12,15-18,24H,3-6,13-14,19-21H2,1-2H3,(H,27,30)/t24-/m1/s1. The molecule has 0 fully saturated rings. The molecule has 1 N–H and O–H groups in total. The van der Waals surface area contributed by atoms with Gasteiger partial charge in [-0.2, -0.15) is 0 Å². The topological polar surface area (TPSA) is 58.6 Å². The third kappa shape index (κ3) is 8.83. The van der Waals surface area contributed by atoms with Crippen molar-refractivity contribution in [2.75, 3.05) is 13.1 Å². The number of hydrogen-bond acceptors (Lipinski definition) is 3. The lowest BCUT2D eigenvalue weighted by Gasteiger charge is -2.28. The van der Waals surface area contributed by atoms with E-state index >= 15 is 0 Å². The van der Waals surface area contributed by atoms with Gasteiger partial charge in [0.25, 0.3) is 0 Å². The Labute approximate surface area is 186 Å².